The predicted octanol–water partition coefficient (Wildman–Crippen LogP) is 1.81. The van der Waals surface area contributed by atoms with Crippen molar-refractivity contribution in [3.8, 4) is 0 Å². The number of nitrogens with two attached hydrogens (primary N) is 1. The Balaban J connectivity index is 2.61. The van der Waals surface area contributed by atoms with Crippen molar-refractivity contribution in [1.29, 1.82) is 0 Å². The van der Waals surface area contributed by atoms with Crippen LogP contribution in [0.4, 0.5) is 4.79 Å². The van der Waals surface area contributed by atoms with Crippen LogP contribution in [0.5, 0.6) is 0 Å². The first-order valence-corrected chi connectivity index (χ1v) is 5.85. The first kappa shape index (κ1) is 14.8. The van der Waals surface area contributed by atoms with Gasteiger partial charge in [-0.2, -0.15) is 0 Å². The normalized spacial score (nSPS) is 12.1. The summed E-state index contributed by atoms with van der Waals surface area (Å²) in [7, 11) is 0. The van der Waals surface area contributed by atoms with Crippen molar-refractivity contribution in [2.45, 2.75) is 32.9 Å². The van der Waals surface area contributed by atoms with Crippen LogP contribution in [0.25, 0.3) is 0 Å². The minimum absolute atomic E-state index is 0.0270. The molecule has 4 N–H and O–H groups in total. The highest BCUT2D eigenvalue weighted by molar-refractivity contribution is 5.97. The van der Waals surface area contributed by atoms with E-state index in [4.69, 9.17) is 15.7 Å². The third-order valence-corrected chi connectivity index (χ3v) is 2.17. The molecule has 1 rings (SSSR count). The fraction of sp³-hybridized carbons (Fsp3) is 0.385. The summed E-state index contributed by atoms with van der Waals surface area (Å²) in [5.41, 5.74) is 6.38. The molecule has 19 heavy (non-hydrogen) atoms. The van der Waals surface area contributed by atoms with Crippen LogP contribution in [0.2, 0.25) is 0 Å². The molecule has 0 fully saturated rings. The van der Waals surface area contributed by atoms with Gasteiger partial charge in [0.1, 0.15) is 5.60 Å². The van der Waals surface area contributed by atoms with Crippen LogP contribution in [0, 0.1) is 0 Å². The van der Waals surface area contributed by atoms with E-state index in [1.54, 1.807) is 39.0 Å². The third-order valence-electron chi connectivity index (χ3n) is 2.17. The second-order valence-electron chi connectivity index (χ2n) is 5.04. The molecule has 0 heterocycles. The maximum atomic E-state index is 11.5. The van der Waals surface area contributed by atoms with E-state index in [2.05, 4.69) is 10.5 Å². The minimum atomic E-state index is -0.528. The Kier molecular flexibility index (Phi) is 4.74. The SMILES string of the molecule is CC(C)(C)OC(=O)NCc1cccc(C(N)=NO)c1. The molecule has 0 spiro atoms. The number of amides is 1. The average Bonchev–Trinajstić information content (AvgIpc) is 2.34. The first-order chi connectivity index (χ1) is 8.81. The zero-order valence-electron chi connectivity index (χ0n) is 11.3. The molecule has 0 bridgehead atoms. The van der Waals surface area contributed by atoms with Crippen molar-refractivity contribution in [2.75, 3.05) is 0 Å². The van der Waals surface area contributed by atoms with E-state index in [-0.39, 0.29) is 5.84 Å². The van der Waals surface area contributed by atoms with Crippen LogP contribution < -0.4 is 11.1 Å². The zero-order valence-corrected chi connectivity index (χ0v) is 11.3. The number of rotatable bonds is 3. The summed E-state index contributed by atoms with van der Waals surface area (Å²) in [5, 5.41) is 14.2. The molecule has 0 aliphatic rings. The van der Waals surface area contributed by atoms with Gasteiger partial charge in [-0.3, -0.25) is 0 Å². The summed E-state index contributed by atoms with van der Waals surface area (Å²) in [6.45, 7) is 5.70. The van der Waals surface area contributed by atoms with Crippen LogP contribution in [0.1, 0.15) is 31.9 Å². The van der Waals surface area contributed by atoms with Gasteiger partial charge in [-0.1, -0.05) is 23.4 Å². The molecule has 1 aromatic rings. The average molecular weight is 265 g/mol. The lowest BCUT2D eigenvalue weighted by Crippen LogP contribution is -2.32. The van der Waals surface area contributed by atoms with Crippen LogP contribution in [0.15, 0.2) is 29.4 Å². The van der Waals surface area contributed by atoms with Crippen molar-refractivity contribution in [1.82, 2.24) is 5.32 Å². The van der Waals surface area contributed by atoms with Gasteiger partial charge in [0, 0.05) is 12.1 Å². The Hall–Kier alpha value is -2.24. The number of benzene rings is 1. The number of hydrogen-bond acceptors (Lipinski definition) is 4. The standard InChI is InChI=1S/C13H19N3O3/c1-13(2,3)19-12(17)15-8-9-5-4-6-10(7-9)11(14)16-18/h4-7,18H,8H2,1-3H3,(H2,14,16)(H,15,17). The molecule has 104 valence electrons. The van der Waals surface area contributed by atoms with E-state index in [1.807, 2.05) is 6.07 Å². The monoisotopic (exact) mass is 265 g/mol. The Bertz CT molecular complexity index is 478. The minimum Gasteiger partial charge on any atom is -0.444 e. The van der Waals surface area contributed by atoms with E-state index < -0.39 is 11.7 Å². The Morgan fingerprint density at radius 3 is 2.74 bits per heavy atom. The number of nitrogens with one attached hydrogen (secondary N) is 1. The molecule has 0 aliphatic heterocycles. The topological polar surface area (TPSA) is 96.9 Å². The molecule has 0 unspecified atom stereocenters. The molecule has 0 radical (unpaired) electrons. The summed E-state index contributed by atoms with van der Waals surface area (Å²) >= 11 is 0. The Morgan fingerprint density at radius 2 is 2.16 bits per heavy atom. The van der Waals surface area contributed by atoms with Crippen molar-refractivity contribution < 1.29 is 14.7 Å². The quantitative estimate of drug-likeness (QED) is 0.336. The van der Waals surface area contributed by atoms with E-state index in [0.29, 0.717) is 12.1 Å². The van der Waals surface area contributed by atoms with Crippen molar-refractivity contribution >= 4 is 11.9 Å². The number of ether oxygens (including phenoxy) is 1. The number of amidine groups is 1. The molecule has 0 aliphatic carbocycles. The number of hydrogen-bond donors (Lipinski definition) is 3. The maximum absolute atomic E-state index is 11.5. The van der Waals surface area contributed by atoms with Gasteiger partial charge in [0.05, 0.1) is 0 Å². The van der Waals surface area contributed by atoms with Gasteiger partial charge in [-0.25, -0.2) is 4.79 Å². The molecule has 1 aromatic carbocycles. The lowest BCUT2D eigenvalue weighted by atomic mass is 10.1. The number of oxime groups is 1. The molecule has 0 saturated carbocycles. The van der Waals surface area contributed by atoms with Gasteiger partial charge in [-0.15, -0.1) is 0 Å². The van der Waals surface area contributed by atoms with E-state index in [0.717, 1.165) is 5.56 Å². The largest absolute Gasteiger partial charge is 0.444 e. The molecule has 0 aromatic heterocycles. The van der Waals surface area contributed by atoms with E-state index >= 15 is 0 Å². The second kappa shape index (κ2) is 6.08. The third kappa shape index (κ3) is 5.29. The second-order valence-corrected chi connectivity index (χ2v) is 5.04. The molecule has 0 atom stereocenters. The van der Waals surface area contributed by atoms with Crippen LogP contribution in [-0.2, 0) is 11.3 Å². The van der Waals surface area contributed by atoms with Crippen molar-refractivity contribution in [3.05, 3.63) is 35.4 Å². The highest BCUT2D eigenvalue weighted by Gasteiger charge is 2.15. The van der Waals surface area contributed by atoms with E-state index in [9.17, 15) is 4.79 Å². The first-order valence-electron chi connectivity index (χ1n) is 5.85. The van der Waals surface area contributed by atoms with Gasteiger partial charge in [0.15, 0.2) is 5.84 Å². The van der Waals surface area contributed by atoms with Gasteiger partial charge in [0.2, 0.25) is 0 Å². The number of alkyl carbamates (subject to hydrolysis) is 1. The Labute approximate surface area is 112 Å². The molecule has 6 nitrogen and oxygen atoms in total. The summed E-state index contributed by atoms with van der Waals surface area (Å²) in [6.07, 6.45) is -0.485. The smallest absolute Gasteiger partial charge is 0.407 e. The predicted molar refractivity (Wildman–Crippen MR) is 72.0 cm³/mol. The van der Waals surface area contributed by atoms with Gasteiger partial charge < -0.3 is 21.0 Å². The Morgan fingerprint density at radius 1 is 1.47 bits per heavy atom. The highest BCUT2D eigenvalue weighted by Crippen LogP contribution is 2.08. The maximum Gasteiger partial charge on any atom is 0.407 e. The molecular weight excluding hydrogens is 246 g/mol. The summed E-state index contributed by atoms with van der Waals surface area (Å²) in [4.78, 5) is 11.5. The molecular formula is C13H19N3O3. The number of carbonyl (C=O) groups is 1. The lowest BCUT2D eigenvalue weighted by molar-refractivity contribution is 0.0523. The van der Waals surface area contributed by atoms with Gasteiger partial charge in [0.25, 0.3) is 0 Å². The zero-order chi connectivity index (χ0) is 14.5. The van der Waals surface area contributed by atoms with Gasteiger partial charge in [-0.05, 0) is 32.4 Å². The van der Waals surface area contributed by atoms with E-state index in [1.165, 1.54) is 0 Å². The number of nitrogens with zero attached hydrogens (tertiary/aromatic N) is 1. The fourth-order valence-corrected chi connectivity index (χ4v) is 1.39. The van der Waals surface area contributed by atoms with Gasteiger partial charge >= 0.3 is 6.09 Å². The van der Waals surface area contributed by atoms with Crippen LogP contribution in [0.3, 0.4) is 0 Å². The van der Waals surface area contributed by atoms with Crippen LogP contribution >= 0.6 is 0 Å². The fourth-order valence-electron chi connectivity index (χ4n) is 1.39. The van der Waals surface area contributed by atoms with Crippen molar-refractivity contribution in [2.24, 2.45) is 10.9 Å². The summed E-state index contributed by atoms with van der Waals surface area (Å²) in [5.74, 6) is 0.0270. The summed E-state index contributed by atoms with van der Waals surface area (Å²) < 4.78 is 5.12. The van der Waals surface area contributed by atoms with Crippen LogP contribution in [-0.4, -0.2) is 22.7 Å². The highest BCUT2D eigenvalue weighted by atomic mass is 16.6. The lowest BCUT2D eigenvalue weighted by Gasteiger charge is -2.19. The summed E-state index contributed by atoms with van der Waals surface area (Å²) in [6, 6.07) is 7.03. The molecule has 1 amide bonds. The number of carbonyl (C=O) groups excluding carboxylic acids is 1. The molecule has 0 saturated heterocycles. The molecule has 6 heteroatoms. The van der Waals surface area contributed by atoms with Crippen molar-refractivity contribution in [3.63, 3.8) is 0 Å².